The van der Waals surface area contributed by atoms with Crippen molar-refractivity contribution in [3.05, 3.63) is 12.2 Å². The summed E-state index contributed by atoms with van der Waals surface area (Å²) in [6, 6.07) is 0. The van der Waals surface area contributed by atoms with Gasteiger partial charge in [0, 0.05) is 92.6 Å². The van der Waals surface area contributed by atoms with Crippen molar-refractivity contribution in [2.24, 2.45) is 0 Å². The molecule has 0 unspecified atom stereocenters. The molecule has 0 aliphatic carbocycles. The molecule has 109 valence electrons. The molecule has 0 aromatic carbocycles. The van der Waals surface area contributed by atoms with Crippen LogP contribution in [0.1, 0.15) is 47.5 Å². The molecule has 19 heavy (non-hydrogen) atoms. The third-order valence-electron chi connectivity index (χ3n) is 2.82. The molecule has 1 heterocycles. The molecule has 1 aliphatic heterocycles. The van der Waals surface area contributed by atoms with Gasteiger partial charge in [0.05, 0.1) is 0 Å². The van der Waals surface area contributed by atoms with Gasteiger partial charge in [-0.1, -0.05) is 0 Å². The van der Waals surface area contributed by atoms with Gasteiger partial charge in [0.1, 0.15) is 0 Å². The van der Waals surface area contributed by atoms with Crippen LogP contribution in [0, 0.1) is 12.2 Å². The van der Waals surface area contributed by atoms with Gasteiger partial charge in [0.2, 0.25) is 0 Å². The molecule has 0 atom stereocenters. The third-order valence-corrected chi connectivity index (χ3v) is 3.67. The molecule has 0 N–H and O–H groups in total. The van der Waals surface area contributed by atoms with E-state index in [1.165, 1.54) is 12.0 Å². The van der Waals surface area contributed by atoms with Crippen molar-refractivity contribution in [1.82, 2.24) is 5.06 Å². The van der Waals surface area contributed by atoms with Gasteiger partial charge in [-0.15, -0.1) is 10.3 Å². The van der Waals surface area contributed by atoms with E-state index in [1.807, 2.05) is 27.7 Å². The molecule has 0 aromatic rings. The van der Waals surface area contributed by atoms with Crippen molar-refractivity contribution < 1.29 is 79.0 Å². The minimum atomic E-state index is -2.79. The van der Waals surface area contributed by atoms with Crippen LogP contribution in [-0.4, -0.2) is 30.8 Å². The van der Waals surface area contributed by atoms with Crippen molar-refractivity contribution in [3.63, 3.8) is 0 Å². The van der Waals surface area contributed by atoms with Gasteiger partial charge in [-0.2, -0.15) is 19.8 Å². The van der Waals surface area contributed by atoms with Crippen LogP contribution in [0.4, 0.5) is 0 Å². The van der Waals surface area contributed by atoms with E-state index in [-0.39, 0.29) is 76.5 Å². The summed E-state index contributed by atoms with van der Waals surface area (Å²) in [6.45, 7) is 9.49. The molecule has 0 amide bonds. The van der Waals surface area contributed by atoms with Crippen molar-refractivity contribution in [1.29, 1.82) is 0 Å². The van der Waals surface area contributed by atoms with Crippen LogP contribution in [0.3, 0.4) is 0 Å². The minimum absolute atomic E-state index is 0. The molecule has 0 spiro atoms. The fraction of sp³-hybridized carbons (Fsp3) is 0.833. The smallest absolute Gasteiger partial charge is 0.0208 e. The molecular formula is C12H24NO3SY2-2. The van der Waals surface area contributed by atoms with Gasteiger partial charge >= 0.3 is 0 Å². The molecule has 3 radical (unpaired) electrons. The summed E-state index contributed by atoms with van der Waals surface area (Å²) in [7, 11) is -2.79. The third kappa shape index (κ3) is 10.4. The van der Waals surface area contributed by atoms with Gasteiger partial charge in [-0.05, 0) is 27.7 Å². The number of piperidine rings is 1. The summed E-state index contributed by atoms with van der Waals surface area (Å²) in [5.41, 5.74) is -0.413. The Balaban J connectivity index is -0.000000282. The van der Waals surface area contributed by atoms with E-state index >= 15 is 0 Å². The van der Waals surface area contributed by atoms with Crippen molar-refractivity contribution >= 4 is 9.84 Å². The summed E-state index contributed by atoms with van der Waals surface area (Å²) in [6.07, 6.45) is 5.18. The normalized spacial score (nSPS) is 21.2. The summed E-state index contributed by atoms with van der Waals surface area (Å²) < 4.78 is 19.9. The van der Waals surface area contributed by atoms with E-state index in [4.69, 9.17) is 0 Å². The van der Waals surface area contributed by atoms with E-state index in [9.17, 15) is 13.6 Å². The van der Waals surface area contributed by atoms with Crippen LogP contribution in [0.5, 0.6) is 0 Å². The van der Waals surface area contributed by atoms with Crippen LogP contribution >= 0.6 is 0 Å². The molecule has 1 rings (SSSR count). The maximum atomic E-state index is 11.7. The standard InChI is InChI=1S/C9H17NO.C3H7O2S.2Y/c1-8(2)6-5-7-9(3,4)10(8)11;1-3-6(2,4)5;;/h5H,6-7H2,1-4H3;3H,1-2H3;;/q2*-1;;. The molecule has 0 saturated carbocycles. The Hall–Kier alpha value is 2.08. The summed E-state index contributed by atoms with van der Waals surface area (Å²) in [5, 5.41) is 12.9. The first-order valence-corrected chi connectivity index (χ1v) is 7.66. The number of hydroxylamine groups is 2. The van der Waals surface area contributed by atoms with E-state index in [0.717, 1.165) is 24.9 Å². The van der Waals surface area contributed by atoms with Crippen molar-refractivity contribution in [2.75, 3.05) is 6.26 Å². The second kappa shape index (κ2) is 9.97. The second-order valence-electron chi connectivity index (χ2n) is 5.68. The topological polar surface area (TPSA) is 57.3 Å². The van der Waals surface area contributed by atoms with Gasteiger partial charge in [0.15, 0.2) is 0 Å². The van der Waals surface area contributed by atoms with E-state index in [2.05, 4.69) is 6.42 Å². The first-order chi connectivity index (χ1) is 7.42. The molecule has 1 aliphatic rings. The van der Waals surface area contributed by atoms with Crippen LogP contribution in [-0.2, 0) is 80.5 Å². The van der Waals surface area contributed by atoms with Crippen LogP contribution in [0.15, 0.2) is 0 Å². The fourth-order valence-corrected chi connectivity index (χ4v) is 1.76. The summed E-state index contributed by atoms with van der Waals surface area (Å²) in [5.74, 6) is 1.16. The van der Waals surface area contributed by atoms with E-state index in [1.54, 1.807) is 0 Å². The zero-order valence-corrected chi connectivity index (χ0v) is 19.3. The Morgan fingerprint density at radius 2 is 1.32 bits per heavy atom. The largest absolute Gasteiger partial charge is 0.325 e. The molecule has 0 aromatic heterocycles. The van der Waals surface area contributed by atoms with E-state index < -0.39 is 9.84 Å². The predicted octanol–water partition coefficient (Wildman–Crippen LogP) is 2.40. The van der Waals surface area contributed by atoms with Gasteiger partial charge < -0.3 is 6.42 Å². The number of nitrogens with zero attached hydrogens (tertiary/aromatic N) is 1. The molecular weight excluding hydrogens is 416 g/mol. The van der Waals surface area contributed by atoms with Gasteiger partial charge in [-0.3, -0.25) is 8.42 Å². The first-order valence-electron chi connectivity index (χ1n) is 5.71. The van der Waals surface area contributed by atoms with Crippen LogP contribution in [0.2, 0.25) is 0 Å². The Bertz CT molecular complexity index is 327. The Morgan fingerprint density at radius 1 is 1.05 bits per heavy atom. The first kappa shape index (κ1) is 26.0. The Labute approximate surface area is 169 Å². The molecule has 7 heteroatoms. The number of hydrogen-bond donors (Lipinski definition) is 0. The average Bonchev–Trinajstić information content (AvgIpc) is 2.14. The molecule has 1 fully saturated rings. The number of hydrogen-bond acceptors (Lipinski definition) is 3. The molecule has 0 bridgehead atoms. The molecule has 1 saturated heterocycles. The summed E-state index contributed by atoms with van der Waals surface area (Å²) >= 11 is 0. The summed E-state index contributed by atoms with van der Waals surface area (Å²) in [4.78, 5) is 0. The Morgan fingerprint density at radius 3 is 1.47 bits per heavy atom. The van der Waals surface area contributed by atoms with Crippen LogP contribution in [0.25, 0.3) is 0 Å². The second-order valence-corrected chi connectivity index (χ2v) is 7.81. The maximum Gasteiger partial charge on any atom is 0.0208 e. The van der Waals surface area contributed by atoms with Gasteiger partial charge in [0.25, 0.3) is 0 Å². The predicted molar refractivity (Wildman–Crippen MR) is 69.0 cm³/mol. The number of sulfone groups is 1. The average molecular weight is 440 g/mol. The van der Waals surface area contributed by atoms with Crippen LogP contribution < -0.4 is 0 Å². The Kier molecular flexibility index (Phi) is 13.6. The number of rotatable bonds is 1. The monoisotopic (exact) mass is 440 g/mol. The van der Waals surface area contributed by atoms with E-state index in [0.29, 0.717) is 0 Å². The zero-order valence-electron chi connectivity index (χ0n) is 12.8. The fourth-order valence-electron chi connectivity index (χ4n) is 1.76. The van der Waals surface area contributed by atoms with Crippen molar-refractivity contribution in [3.8, 4) is 0 Å². The molecule has 4 nitrogen and oxygen atoms in total. The SMILES string of the molecule is CC1(C)C[CH-]CC(C)(C)N1[O].C[CH-]S(C)(=O)=O.[Y].[Y]. The van der Waals surface area contributed by atoms with Gasteiger partial charge in [-0.25, -0.2) is 5.75 Å². The minimum Gasteiger partial charge on any atom is -0.325 e. The van der Waals surface area contributed by atoms with Crippen molar-refractivity contribution in [2.45, 2.75) is 58.5 Å². The maximum absolute atomic E-state index is 11.7. The quantitative estimate of drug-likeness (QED) is 0.589. The zero-order chi connectivity index (χ0) is 13.9.